The van der Waals surface area contributed by atoms with Gasteiger partial charge in [0.15, 0.2) is 0 Å². The summed E-state index contributed by atoms with van der Waals surface area (Å²) >= 11 is 5.23. The van der Waals surface area contributed by atoms with E-state index in [1.54, 1.807) is 11.3 Å². The fraction of sp³-hybridized carbons (Fsp3) is 0.273. The van der Waals surface area contributed by atoms with Crippen LogP contribution >= 0.6 is 27.3 Å². The highest BCUT2D eigenvalue weighted by atomic mass is 79.9. The molecule has 0 saturated carbocycles. The molecule has 0 aliphatic carbocycles. The maximum Gasteiger partial charge on any atom is 0.0447 e. The van der Waals surface area contributed by atoms with E-state index in [0.717, 1.165) is 4.47 Å². The summed E-state index contributed by atoms with van der Waals surface area (Å²) in [4.78, 5) is 1.23. The first-order chi connectivity index (χ1) is 6.47. The number of hydrogen-bond acceptors (Lipinski definition) is 2. The molecule has 0 atom stereocenters. The molecule has 2 rings (SSSR count). The number of halogens is 1. The molecule has 1 nitrogen and oxygen atoms in total. The Kier molecular flexibility index (Phi) is 2.41. The first kappa shape index (κ1) is 10.1. The van der Waals surface area contributed by atoms with Gasteiger partial charge in [0.05, 0.1) is 0 Å². The highest BCUT2D eigenvalue weighted by Gasteiger charge is 2.16. The lowest BCUT2D eigenvalue weighted by Gasteiger charge is -2.15. The van der Waals surface area contributed by atoms with Gasteiger partial charge in [-0.2, -0.15) is 0 Å². The Balaban J connectivity index is 2.63. The Bertz CT molecular complexity index is 468. The first-order valence-electron chi connectivity index (χ1n) is 4.45. The van der Waals surface area contributed by atoms with E-state index < -0.39 is 0 Å². The van der Waals surface area contributed by atoms with Crippen LogP contribution in [-0.2, 0) is 5.54 Å². The van der Waals surface area contributed by atoms with E-state index in [9.17, 15) is 0 Å². The largest absolute Gasteiger partial charge is 0.321 e. The van der Waals surface area contributed by atoms with Gasteiger partial charge >= 0.3 is 0 Å². The number of rotatable bonds is 1. The van der Waals surface area contributed by atoms with Gasteiger partial charge < -0.3 is 5.73 Å². The van der Waals surface area contributed by atoms with E-state index in [1.807, 2.05) is 13.8 Å². The molecule has 0 amide bonds. The summed E-state index contributed by atoms with van der Waals surface area (Å²) in [6.45, 7) is 4.07. The number of thiophene rings is 1. The summed E-state index contributed by atoms with van der Waals surface area (Å²) in [5, 5.41) is 1.26. The summed E-state index contributed by atoms with van der Waals surface area (Å²) in [5.74, 6) is 0. The molecule has 0 radical (unpaired) electrons. The highest BCUT2D eigenvalue weighted by molar-refractivity contribution is 9.10. The minimum atomic E-state index is -0.240. The van der Waals surface area contributed by atoms with Crippen molar-refractivity contribution in [3.8, 4) is 0 Å². The van der Waals surface area contributed by atoms with Crippen LogP contribution in [-0.4, -0.2) is 0 Å². The minimum absolute atomic E-state index is 0.240. The van der Waals surface area contributed by atoms with Crippen LogP contribution in [0.15, 0.2) is 28.7 Å². The van der Waals surface area contributed by atoms with Crippen molar-refractivity contribution in [3.63, 3.8) is 0 Å². The number of hydrogen-bond donors (Lipinski definition) is 1. The van der Waals surface area contributed by atoms with Crippen molar-refractivity contribution in [2.24, 2.45) is 5.73 Å². The summed E-state index contributed by atoms with van der Waals surface area (Å²) in [6.07, 6.45) is 0. The molecule has 3 heteroatoms. The van der Waals surface area contributed by atoms with Crippen LogP contribution < -0.4 is 5.73 Å². The maximum absolute atomic E-state index is 6.06. The SMILES string of the molecule is CC(C)(N)c1cc2cc(Br)ccc2s1. The normalized spacial score (nSPS) is 12.3. The van der Waals surface area contributed by atoms with Gasteiger partial charge in [0.25, 0.3) is 0 Å². The Morgan fingerprint density at radius 1 is 1.29 bits per heavy atom. The van der Waals surface area contributed by atoms with E-state index in [-0.39, 0.29) is 5.54 Å². The number of benzene rings is 1. The second kappa shape index (κ2) is 3.33. The monoisotopic (exact) mass is 269 g/mol. The lowest BCUT2D eigenvalue weighted by Crippen LogP contribution is -2.27. The molecule has 0 aliphatic rings. The third kappa shape index (κ3) is 1.85. The van der Waals surface area contributed by atoms with Gasteiger partial charge in [0.1, 0.15) is 0 Å². The van der Waals surface area contributed by atoms with Crippen molar-refractivity contribution in [3.05, 3.63) is 33.6 Å². The second-order valence-corrected chi connectivity index (χ2v) is 6.01. The Labute approximate surface area is 96.1 Å². The van der Waals surface area contributed by atoms with Crippen molar-refractivity contribution in [2.75, 3.05) is 0 Å². The van der Waals surface area contributed by atoms with Crippen molar-refractivity contribution in [1.29, 1.82) is 0 Å². The molecule has 14 heavy (non-hydrogen) atoms. The molecular weight excluding hydrogens is 258 g/mol. The van der Waals surface area contributed by atoms with Gasteiger partial charge in [-0.15, -0.1) is 11.3 Å². The average Bonchev–Trinajstić information content (AvgIpc) is 2.45. The lowest BCUT2D eigenvalue weighted by molar-refractivity contribution is 0.567. The third-order valence-corrected chi connectivity index (χ3v) is 4.06. The van der Waals surface area contributed by atoms with Crippen LogP contribution in [0.4, 0.5) is 0 Å². The smallest absolute Gasteiger partial charge is 0.0447 e. The standard InChI is InChI=1S/C11H12BrNS/c1-11(2,13)10-6-7-5-8(12)3-4-9(7)14-10/h3-6H,13H2,1-2H3. The van der Waals surface area contributed by atoms with Crippen LogP contribution in [0.25, 0.3) is 10.1 Å². The quantitative estimate of drug-likeness (QED) is 0.836. The van der Waals surface area contributed by atoms with Crippen LogP contribution in [0.5, 0.6) is 0 Å². The fourth-order valence-electron chi connectivity index (χ4n) is 1.33. The van der Waals surface area contributed by atoms with Crippen molar-refractivity contribution in [2.45, 2.75) is 19.4 Å². The van der Waals surface area contributed by atoms with Crippen molar-refractivity contribution >= 4 is 37.4 Å². The molecular formula is C11H12BrNS. The fourth-order valence-corrected chi connectivity index (χ4v) is 2.77. The molecule has 1 aromatic carbocycles. The van der Waals surface area contributed by atoms with E-state index in [0.29, 0.717) is 0 Å². The molecule has 1 aromatic heterocycles. The lowest BCUT2D eigenvalue weighted by atomic mass is 10.0. The predicted molar refractivity (Wildman–Crippen MR) is 66.7 cm³/mol. The van der Waals surface area contributed by atoms with Crippen LogP contribution in [0.1, 0.15) is 18.7 Å². The average molecular weight is 270 g/mol. The molecule has 0 bridgehead atoms. The molecule has 2 N–H and O–H groups in total. The molecule has 0 unspecified atom stereocenters. The zero-order chi connectivity index (χ0) is 10.3. The number of nitrogens with two attached hydrogens (primary N) is 1. The molecule has 74 valence electrons. The summed E-state index contributed by atoms with van der Waals surface area (Å²) < 4.78 is 2.41. The molecule has 0 aliphatic heterocycles. The van der Waals surface area contributed by atoms with E-state index in [1.165, 1.54) is 15.0 Å². The first-order valence-corrected chi connectivity index (χ1v) is 6.06. The third-order valence-electron chi connectivity index (χ3n) is 2.11. The maximum atomic E-state index is 6.06. The van der Waals surface area contributed by atoms with Gasteiger partial charge in [-0.25, -0.2) is 0 Å². The van der Waals surface area contributed by atoms with Crippen molar-refractivity contribution in [1.82, 2.24) is 0 Å². The molecule has 0 saturated heterocycles. The summed E-state index contributed by atoms with van der Waals surface area (Å²) in [6, 6.07) is 8.48. The van der Waals surface area contributed by atoms with E-state index >= 15 is 0 Å². The van der Waals surface area contributed by atoms with Gasteiger partial charge in [-0.05, 0) is 43.5 Å². The van der Waals surface area contributed by atoms with E-state index in [2.05, 4.69) is 40.2 Å². The van der Waals surface area contributed by atoms with Gasteiger partial charge in [-0.1, -0.05) is 15.9 Å². The second-order valence-electron chi connectivity index (χ2n) is 4.01. The summed E-state index contributed by atoms with van der Waals surface area (Å²) in [5.41, 5.74) is 5.82. The molecule has 0 spiro atoms. The van der Waals surface area contributed by atoms with E-state index in [4.69, 9.17) is 5.73 Å². The van der Waals surface area contributed by atoms with Crippen molar-refractivity contribution < 1.29 is 0 Å². The van der Waals surface area contributed by atoms with Gasteiger partial charge in [-0.3, -0.25) is 0 Å². The Morgan fingerprint density at radius 3 is 2.64 bits per heavy atom. The Morgan fingerprint density at radius 2 is 2.00 bits per heavy atom. The zero-order valence-corrected chi connectivity index (χ0v) is 10.6. The number of fused-ring (bicyclic) bond motifs is 1. The molecule has 2 aromatic rings. The summed E-state index contributed by atoms with van der Waals surface area (Å²) in [7, 11) is 0. The molecule has 0 fully saturated rings. The topological polar surface area (TPSA) is 26.0 Å². The molecule has 1 heterocycles. The Hall–Kier alpha value is -0.380. The zero-order valence-electron chi connectivity index (χ0n) is 8.17. The van der Waals surface area contributed by atoms with Gasteiger partial charge in [0, 0.05) is 19.6 Å². The van der Waals surface area contributed by atoms with Gasteiger partial charge in [0.2, 0.25) is 0 Å². The highest BCUT2D eigenvalue weighted by Crippen LogP contribution is 2.32. The van der Waals surface area contributed by atoms with Crippen LogP contribution in [0.2, 0.25) is 0 Å². The minimum Gasteiger partial charge on any atom is -0.321 e. The van der Waals surface area contributed by atoms with Crippen LogP contribution in [0, 0.1) is 0 Å². The van der Waals surface area contributed by atoms with Crippen LogP contribution in [0.3, 0.4) is 0 Å². The predicted octanol–water partition coefficient (Wildman–Crippen LogP) is 3.86.